The van der Waals surface area contributed by atoms with E-state index < -0.39 is 28.3 Å². The van der Waals surface area contributed by atoms with Crippen molar-refractivity contribution < 1.29 is 32.5 Å². The zero-order chi connectivity index (χ0) is 30.7. The van der Waals surface area contributed by atoms with Gasteiger partial charge in [-0.25, -0.2) is 13.2 Å². The van der Waals surface area contributed by atoms with Crippen LogP contribution in [0.3, 0.4) is 0 Å². The fourth-order valence-corrected chi connectivity index (χ4v) is 7.63. The highest BCUT2D eigenvalue weighted by Gasteiger charge is 2.39. The number of ether oxygens (including phenoxy) is 3. The molecular weight excluding hydrogens is 570 g/mol. The predicted octanol–water partition coefficient (Wildman–Crippen LogP) is 4.43. The first-order valence-corrected chi connectivity index (χ1v) is 16.5. The number of aliphatic hydroxyl groups excluding tert-OH is 1. The molecule has 2 aliphatic rings. The Balaban J connectivity index is 1.62. The van der Waals surface area contributed by atoms with Gasteiger partial charge in [-0.3, -0.25) is 0 Å². The third-order valence-corrected chi connectivity index (χ3v) is 10.3. The van der Waals surface area contributed by atoms with Gasteiger partial charge in [0.05, 0.1) is 43.4 Å². The van der Waals surface area contributed by atoms with Crippen LogP contribution in [0.5, 0.6) is 5.75 Å². The van der Waals surface area contributed by atoms with Gasteiger partial charge in [-0.05, 0) is 60.9 Å². The topological polar surface area (TPSA) is 138 Å². The van der Waals surface area contributed by atoms with E-state index in [2.05, 4.69) is 11.4 Å². The van der Waals surface area contributed by atoms with Gasteiger partial charge < -0.3 is 24.6 Å². The van der Waals surface area contributed by atoms with Gasteiger partial charge in [-0.15, -0.1) is 0 Å². The van der Waals surface area contributed by atoms with Crippen LogP contribution in [0.4, 0.5) is 4.79 Å². The highest BCUT2D eigenvalue weighted by Crippen LogP contribution is 2.42. The third-order valence-electron chi connectivity index (χ3n) is 8.51. The standard InChI is InChI=1S/C32H43N3O7S/c1-40-26-11-13-28(14-12-26)43(38,39)35(24-32(18-8-19-33)16-6-3-7-17-32)22-30(36)29(21-25-9-4-2-5-10-25)34-31(37)42-27-15-20-41-23-27/h2,4-5,9-14,27,29-30,36H,3,6-8,15-18,20-24H2,1H3,(H,34,37)/t27-,29-,30+/m0/s1. The fraction of sp³-hybridized carbons (Fsp3) is 0.562. The summed E-state index contributed by atoms with van der Waals surface area (Å²) in [6, 6.07) is 17.0. The van der Waals surface area contributed by atoms with Gasteiger partial charge in [-0.1, -0.05) is 49.6 Å². The van der Waals surface area contributed by atoms with E-state index in [-0.39, 0.29) is 35.9 Å². The highest BCUT2D eigenvalue weighted by molar-refractivity contribution is 7.89. The van der Waals surface area contributed by atoms with E-state index in [9.17, 15) is 23.6 Å². The van der Waals surface area contributed by atoms with E-state index in [0.29, 0.717) is 38.2 Å². The Bertz CT molecular complexity index is 1300. The van der Waals surface area contributed by atoms with Crippen molar-refractivity contribution in [1.82, 2.24) is 9.62 Å². The summed E-state index contributed by atoms with van der Waals surface area (Å²) >= 11 is 0. The number of nitrogens with zero attached hydrogens (tertiary/aromatic N) is 2. The van der Waals surface area contributed by atoms with Crippen molar-refractivity contribution in [3.8, 4) is 11.8 Å². The SMILES string of the molecule is COc1ccc(S(=O)(=O)N(C[C@@H](O)[C@H](Cc2ccccc2)NC(=O)O[C@H]2CCOC2)CC2(CCC#N)CCCCC2)cc1. The zero-order valence-corrected chi connectivity index (χ0v) is 25.6. The maximum absolute atomic E-state index is 14.2. The summed E-state index contributed by atoms with van der Waals surface area (Å²) in [6.07, 6.45) is 4.07. The van der Waals surface area contributed by atoms with Crippen molar-refractivity contribution in [3.63, 3.8) is 0 Å². The number of alkyl carbamates (subject to hydrolysis) is 1. The van der Waals surface area contributed by atoms with Crippen molar-refractivity contribution >= 4 is 16.1 Å². The molecule has 2 aromatic carbocycles. The lowest BCUT2D eigenvalue weighted by atomic mass is 9.71. The first-order chi connectivity index (χ1) is 20.7. The van der Waals surface area contributed by atoms with Gasteiger partial charge in [0, 0.05) is 25.9 Å². The van der Waals surface area contributed by atoms with Crippen LogP contribution in [0, 0.1) is 16.7 Å². The van der Waals surface area contributed by atoms with E-state index in [1.165, 1.54) is 23.5 Å². The van der Waals surface area contributed by atoms with Crippen molar-refractivity contribution in [2.45, 2.75) is 80.9 Å². The maximum Gasteiger partial charge on any atom is 0.407 e. The van der Waals surface area contributed by atoms with Crippen LogP contribution in [0.1, 0.15) is 56.9 Å². The largest absolute Gasteiger partial charge is 0.497 e. The average molecular weight is 614 g/mol. The van der Waals surface area contributed by atoms with Crippen molar-refractivity contribution in [2.75, 3.05) is 33.4 Å². The summed E-state index contributed by atoms with van der Waals surface area (Å²) in [5.74, 6) is 0.529. The van der Waals surface area contributed by atoms with Gasteiger partial charge in [0.15, 0.2) is 0 Å². The monoisotopic (exact) mass is 613 g/mol. The summed E-state index contributed by atoms with van der Waals surface area (Å²) < 4.78 is 45.7. The predicted molar refractivity (Wildman–Crippen MR) is 161 cm³/mol. The average Bonchev–Trinajstić information content (AvgIpc) is 3.53. The smallest absolute Gasteiger partial charge is 0.407 e. The van der Waals surface area contributed by atoms with E-state index in [0.717, 1.165) is 37.7 Å². The molecule has 234 valence electrons. The normalized spacial score (nSPS) is 19.7. The van der Waals surface area contributed by atoms with Gasteiger partial charge in [0.25, 0.3) is 0 Å². The molecule has 1 saturated heterocycles. The van der Waals surface area contributed by atoms with E-state index in [1.807, 2.05) is 30.3 Å². The lowest BCUT2D eigenvalue weighted by Crippen LogP contribution is -2.53. The molecule has 4 rings (SSSR count). The van der Waals surface area contributed by atoms with Crippen LogP contribution in [0.25, 0.3) is 0 Å². The van der Waals surface area contributed by atoms with Gasteiger partial charge >= 0.3 is 6.09 Å². The minimum absolute atomic E-state index is 0.0833. The number of nitriles is 1. The molecular formula is C32H43N3O7S. The first kappa shape index (κ1) is 32.7. The number of carbonyl (C=O) groups excluding carboxylic acids is 1. The van der Waals surface area contributed by atoms with Crippen LogP contribution in [0.2, 0.25) is 0 Å². The quantitative estimate of drug-likeness (QED) is 0.319. The highest BCUT2D eigenvalue weighted by atomic mass is 32.2. The molecule has 3 atom stereocenters. The molecule has 10 nitrogen and oxygen atoms in total. The van der Waals surface area contributed by atoms with Crippen LogP contribution in [-0.4, -0.2) is 75.6 Å². The maximum atomic E-state index is 14.2. The number of aliphatic hydroxyl groups is 1. The number of sulfonamides is 1. The molecule has 0 bridgehead atoms. The zero-order valence-electron chi connectivity index (χ0n) is 24.8. The number of methoxy groups -OCH3 is 1. The Morgan fingerprint density at radius 1 is 1.16 bits per heavy atom. The Hall–Kier alpha value is -3.17. The fourth-order valence-electron chi connectivity index (χ4n) is 6.06. The lowest BCUT2D eigenvalue weighted by molar-refractivity contribution is 0.0577. The number of hydrogen-bond acceptors (Lipinski definition) is 8. The third kappa shape index (κ3) is 9.16. The van der Waals surface area contributed by atoms with Gasteiger partial charge in [-0.2, -0.15) is 9.57 Å². The first-order valence-electron chi connectivity index (χ1n) is 15.0. The lowest BCUT2D eigenvalue weighted by Gasteiger charge is -2.41. The summed E-state index contributed by atoms with van der Waals surface area (Å²) in [5.41, 5.74) is 0.496. The minimum atomic E-state index is -4.06. The molecule has 2 N–H and O–H groups in total. The Kier molecular flexibility index (Phi) is 11.8. The molecule has 11 heteroatoms. The van der Waals surface area contributed by atoms with Crippen LogP contribution >= 0.6 is 0 Å². The Morgan fingerprint density at radius 2 is 1.88 bits per heavy atom. The second-order valence-corrected chi connectivity index (χ2v) is 13.5. The second-order valence-electron chi connectivity index (χ2n) is 11.6. The molecule has 0 spiro atoms. The molecule has 43 heavy (non-hydrogen) atoms. The molecule has 1 amide bonds. The molecule has 1 aliphatic carbocycles. The summed E-state index contributed by atoms with van der Waals surface area (Å²) in [7, 11) is -2.55. The minimum Gasteiger partial charge on any atom is -0.497 e. The molecule has 1 heterocycles. The van der Waals surface area contributed by atoms with Crippen molar-refractivity contribution in [1.29, 1.82) is 5.26 Å². The number of carbonyl (C=O) groups is 1. The molecule has 0 unspecified atom stereocenters. The van der Waals surface area contributed by atoms with Crippen LogP contribution in [-0.2, 0) is 25.9 Å². The van der Waals surface area contributed by atoms with Gasteiger partial charge in [0.2, 0.25) is 10.0 Å². The Morgan fingerprint density at radius 3 is 2.51 bits per heavy atom. The summed E-state index contributed by atoms with van der Waals surface area (Å²) in [4.78, 5) is 13.0. The number of hydrogen-bond donors (Lipinski definition) is 2. The molecule has 1 saturated carbocycles. The molecule has 1 aliphatic heterocycles. The Labute approximate surface area is 255 Å². The molecule has 0 radical (unpaired) electrons. The molecule has 2 aromatic rings. The number of amides is 1. The molecule has 0 aromatic heterocycles. The van der Waals surface area contributed by atoms with Crippen LogP contribution < -0.4 is 10.1 Å². The van der Waals surface area contributed by atoms with Crippen LogP contribution in [0.15, 0.2) is 59.5 Å². The summed E-state index contributed by atoms with van der Waals surface area (Å²) in [6.45, 7) is 0.757. The van der Waals surface area contributed by atoms with Crippen molar-refractivity contribution in [3.05, 3.63) is 60.2 Å². The van der Waals surface area contributed by atoms with E-state index in [1.54, 1.807) is 12.1 Å². The van der Waals surface area contributed by atoms with E-state index >= 15 is 0 Å². The summed E-state index contributed by atoms with van der Waals surface area (Å²) in [5, 5.41) is 23.8. The molecule has 2 fully saturated rings. The second kappa shape index (κ2) is 15.5. The van der Waals surface area contributed by atoms with Crippen molar-refractivity contribution in [2.24, 2.45) is 5.41 Å². The van der Waals surface area contributed by atoms with Gasteiger partial charge in [0.1, 0.15) is 11.9 Å². The number of rotatable bonds is 14. The van der Waals surface area contributed by atoms with E-state index in [4.69, 9.17) is 14.2 Å². The number of nitrogens with one attached hydrogen (secondary N) is 1. The number of benzene rings is 2.